The first-order chi connectivity index (χ1) is 7.27. The summed E-state index contributed by atoms with van der Waals surface area (Å²) in [6.45, 7) is 3.00. The molecule has 0 aliphatic carbocycles. The molecule has 4 heteroatoms. The van der Waals surface area contributed by atoms with Crippen molar-refractivity contribution in [3.8, 4) is 11.5 Å². The van der Waals surface area contributed by atoms with Crippen LogP contribution in [0.15, 0.2) is 18.2 Å². The maximum absolute atomic E-state index is 5.54. The van der Waals surface area contributed by atoms with Crippen molar-refractivity contribution in [3.05, 3.63) is 23.8 Å². The number of rotatable bonds is 6. The van der Waals surface area contributed by atoms with Crippen molar-refractivity contribution in [1.82, 2.24) is 0 Å². The van der Waals surface area contributed by atoms with Gasteiger partial charge in [-0.3, -0.25) is 0 Å². The summed E-state index contributed by atoms with van der Waals surface area (Å²) in [6.07, 6.45) is 0. The molecule has 1 rings (SSSR count). The topological polar surface area (TPSA) is 18.5 Å². The zero-order valence-electron chi connectivity index (χ0n) is 8.63. The van der Waals surface area contributed by atoms with Gasteiger partial charge >= 0.3 is 0 Å². The van der Waals surface area contributed by atoms with Crippen molar-refractivity contribution in [2.75, 3.05) is 25.0 Å². The summed E-state index contributed by atoms with van der Waals surface area (Å²) in [5.41, 5.74) is 1.03. The van der Waals surface area contributed by atoms with E-state index in [9.17, 15) is 0 Å². The highest BCUT2D eigenvalue weighted by atomic mass is 35.5. The molecule has 0 bridgehead atoms. The predicted octanol–water partition coefficient (Wildman–Crippen LogP) is 3.23. The number of hydrogen-bond donors (Lipinski definition) is 0. The Hall–Kier alpha value is -0.600. The van der Waals surface area contributed by atoms with Gasteiger partial charge in [0.25, 0.3) is 0 Å². The van der Waals surface area contributed by atoms with Crippen molar-refractivity contribution in [2.45, 2.75) is 6.92 Å². The van der Waals surface area contributed by atoms with Gasteiger partial charge in [0.1, 0.15) is 24.7 Å². The molecule has 0 atom stereocenters. The molecule has 0 aromatic heterocycles. The molecule has 0 radical (unpaired) electrons. The van der Waals surface area contributed by atoms with Gasteiger partial charge < -0.3 is 9.47 Å². The minimum Gasteiger partial charge on any atom is -0.492 e. The van der Waals surface area contributed by atoms with Crippen LogP contribution < -0.4 is 9.47 Å². The molecular weight excluding hydrogens is 235 g/mol. The maximum Gasteiger partial charge on any atom is 0.122 e. The Balaban J connectivity index is 2.61. The van der Waals surface area contributed by atoms with Gasteiger partial charge in [-0.25, -0.2) is 0 Å². The summed E-state index contributed by atoms with van der Waals surface area (Å²) in [7, 11) is 0. The van der Waals surface area contributed by atoms with Crippen LogP contribution in [0.1, 0.15) is 5.56 Å². The number of ether oxygens (including phenoxy) is 2. The highest BCUT2D eigenvalue weighted by molar-refractivity contribution is 6.18. The second kappa shape index (κ2) is 6.81. The normalized spacial score (nSPS) is 10.1. The van der Waals surface area contributed by atoms with E-state index in [0.29, 0.717) is 25.0 Å². The first kappa shape index (κ1) is 12.5. The number of halogens is 2. The Morgan fingerprint density at radius 2 is 1.73 bits per heavy atom. The Morgan fingerprint density at radius 1 is 1.07 bits per heavy atom. The Bertz CT molecular complexity index is 303. The zero-order chi connectivity index (χ0) is 11.1. The predicted molar refractivity (Wildman–Crippen MR) is 63.6 cm³/mol. The smallest absolute Gasteiger partial charge is 0.122 e. The second-order valence-corrected chi connectivity index (χ2v) is 3.76. The molecule has 1 aromatic rings. The van der Waals surface area contributed by atoms with Gasteiger partial charge in [0.05, 0.1) is 11.8 Å². The van der Waals surface area contributed by atoms with E-state index in [-0.39, 0.29) is 0 Å². The lowest BCUT2D eigenvalue weighted by Gasteiger charge is -2.10. The quantitative estimate of drug-likeness (QED) is 0.720. The van der Waals surface area contributed by atoms with Gasteiger partial charge in [0.15, 0.2) is 0 Å². The van der Waals surface area contributed by atoms with Crippen LogP contribution in [0.3, 0.4) is 0 Å². The highest BCUT2D eigenvalue weighted by Gasteiger charge is 2.01. The summed E-state index contributed by atoms with van der Waals surface area (Å²) in [4.78, 5) is 0. The molecule has 0 fully saturated rings. The molecule has 84 valence electrons. The molecule has 0 spiro atoms. The maximum atomic E-state index is 5.54. The molecule has 0 saturated heterocycles. The summed E-state index contributed by atoms with van der Waals surface area (Å²) in [6, 6.07) is 5.67. The third-order valence-corrected chi connectivity index (χ3v) is 2.14. The van der Waals surface area contributed by atoms with Gasteiger partial charge in [-0.2, -0.15) is 0 Å². The minimum absolute atomic E-state index is 0.490. The van der Waals surface area contributed by atoms with Gasteiger partial charge in [0.2, 0.25) is 0 Å². The Labute approximate surface area is 100 Å². The van der Waals surface area contributed by atoms with Crippen LogP contribution in [0.5, 0.6) is 11.5 Å². The van der Waals surface area contributed by atoms with Crippen LogP contribution in [0, 0.1) is 6.92 Å². The molecular formula is C11H14Cl2O2. The van der Waals surface area contributed by atoms with Crippen LogP contribution in [-0.2, 0) is 0 Å². The minimum atomic E-state index is 0.490. The van der Waals surface area contributed by atoms with Crippen LogP contribution in [0.2, 0.25) is 0 Å². The number of alkyl halides is 2. The fraction of sp³-hybridized carbons (Fsp3) is 0.455. The van der Waals surface area contributed by atoms with Crippen LogP contribution in [0.25, 0.3) is 0 Å². The molecule has 0 unspecified atom stereocenters. The summed E-state index contributed by atoms with van der Waals surface area (Å²) in [5.74, 6) is 2.63. The third kappa shape index (κ3) is 4.18. The molecule has 0 heterocycles. The molecule has 1 aromatic carbocycles. The molecule has 0 saturated carbocycles. The van der Waals surface area contributed by atoms with Crippen molar-refractivity contribution < 1.29 is 9.47 Å². The Kier molecular flexibility index (Phi) is 5.66. The van der Waals surface area contributed by atoms with E-state index in [1.807, 2.05) is 25.1 Å². The number of aryl methyl sites for hydroxylation is 1. The highest BCUT2D eigenvalue weighted by Crippen LogP contribution is 2.23. The molecule has 15 heavy (non-hydrogen) atoms. The molecule has 2 nitrogen and oxygen atoms in total. The lowest BCUT2D eigenvalue weighted by atomic mass is 10.2. The van der Waals surface area contributed by atoms with Gasteiger partial charge in [0, 0.05) is 0 Å². The van der Waals surface area contributed by atoms with Crippen molar-refractivity contribution >= 4 is 23.2 Å². The third-order valence-electron chi connectivity index (χ3n) is 1.83. The molecule has 0 aliphatic rings. The van der Waals surface area contributed by atoms with Gasteiger partial charge in [-0.1, -0.05) is 0 Å². The first-order valence-electron chi connectivity index (χ1n) is 4.76. The fourth-order valence-corrected chi connectivity index (χ4v) is 1.33. The first-order valence-corrected chi connectivity index (χ1v) is 5.83. The molecule has 0 N–H and O–H groups in total. The summed E-state index contributed by atoms with van der Waals surface area (Å²) < 4.78 is 10.8. The molecule has 0 amide bonds. The lowest BCUT2D eigenvalue weighted by Crippen LogP contribution is -2.01. The van der Waals surface area contributed by atoms with E-state index >= 15 is 0 Å². The van der Waals surface area contributed by atoms with Crippen LogP contribution >= 0.6 is 23.2 Å². The largest absolute Gasteiger partial charge is 0.492 e. The van der Waals surface area contributed by atoms with Crippen LogP contribution in [-0.4, -0.2) is 25.0 Å². The van der Waals surface area contributed by atoms with Crippen LogP contribution in [0.4, 0.5) is 0 Å². The lowest BCUT2D eigenvalue weighted by molar-refractivity contribution is 0.331. The van der Waals surface area contributed by atoms with E-state index < -0.39 is 0 Å². The van der Waals surface area contributed by atoms with E-state index in [4.69, 9.17) is 32.7 Å². The monoisotopic (exact) mass is 248 g/mol. The average Bonchev–Trinajstić information content (AvgIpc) is 2.25. The van der Waals surface area contributed by atoms with E-state index in [1.165, 1.54) is 0 Å². The summed E-state index contributed by atoms with van der Waals surface area (Å²) in [5, 5.41) is 0. The zero-order valence-corrected chi connectivity index (χ0v) is 10.1. The van der Waals surface area contributed by atoms with Gasteiger partial charge in [-0.15, -0.1) is 23.2 Å². The van der Waals surface area contributed by atoms with Crippen molar-refractivity contribution in [3.63, 3.8) is 0 Å². The summed E-state index contributed by atoms with van der Waals surface area (Å²) >= 11 is 11.1. The van der Waals surface area contributed by atoms with Crippen molar-refractivity contribution in [2.24, 2.45) is 0 Å². The number of hydrogen-bond acceptors (Lipinski definition) is 2. The second-order valence-electron chi connectivity index (χ2n) is 3.00. The van der Waals surface area contributed by atoms with Crippen molar-refractivity contribution in [1.29, 1.82) is 0 Å². The Morgan fingerprint density at radius 3 is 2.33 bits per heavy atom. The van der Waals surface area contributed by atoms with E-state index in [2.05, 4.69) is 0 Å². The van der Waals surface area contributed by atoms with E-state index in [0.717, 1.165) is 17.1 Å². The standard InChI is InChI=1S/C11H14Cl2O2/c1-9-8-10(14-6-4-12)2-3-11(9)15-7-5-13/h2-3,8H,4-7H2,1H3. The SMILES string of the molecule is Cc1cc(OCCCl)ccc1OCCCl. The number of benzene rings is 1. The molecule has 0 aliphatic heterocycles. The average molecular weight is 249 g/mol. The van der Waals surface area contributed by atoms with Gasteiger partial charge in [-0.05, 0) is 30.7 Å². The van der Waals surface area contributed by atoms with E-state index in [1.54, 1.807) is 0 Å². The fourth-order valence-electron chi connectivity index (χ4n) is 1.18.